The Morgan fingerprint density at radius 2 is 2.38 bits per heavy atom. The zero-order chi connectivity index (χ0) is 6.41. The van der Waals surface area contributed by atoms with Crippen molar-refractivity contribution in [3.63, 3.8) is 0 Å². The summed E-state index contributed by atoms with van der Waals surface area (Å²) in [6.45, 7) is 2.60. The average Bonchev–Trinajstić information content (AvgIpc) is 1.83. The van der Waals surface area contributed by atoms with Gasteiger partial charge in [0.05, 0.1) is 12.4 Å². The average molecular weight is 116 g/mol. The van der Waals surface area contributed by atoms with Crippen LogP contribution in [0.5, 0.6) is 0 Å². The van der Waals surface area contributed by atoms with Crippen LogP contribution in [0.3, 0.4) is 0 Å². The molecule has 0 bridgehead atoms. The molecule has 0 aliphatic heterocycles. The molecule has 2 N–H and O–H groups in total. The Hall–Kier alpha value is -0.570. The van der Waals surface area contributed by atoms with E-state index in [2.05, 4.69) is 10.3 Å². The summed E-state index contributed by atoms with van der Waals surface area (Å²) in [7, 11) is 1.71. The molecule has 0 aromatic heterocycles. The van der Waals surface area contributed by atoms with Crippen molar-refractivity contribution in [2.45, 2.75) is 6.92 Å². The van der Waals surface area contributed by atoms with Crippen LogP contribution in [0.25, 0.3) is 0 Å². The standard InChI is InChI=1S/C5H12N2O/c1-5(6-2)7-3-4-8/h8H,3-4H2,1-2H3,(H,6,7). The summed E-state index contributed by atoms with van der Waals surface area (Å²) in [6.07, 6.45) is 0. The molecule has 3 heteroatoms. The van der Waals surface area contributed by atoms with E-state index in [-0.39, 0.29) is 6.61 Å². The number of aliphatic imine (C=N–C) groups is 1. The van der Waals surface area contributed by atoms with E-state index in [1.807, 2.05) is 6.92 Å². The van der Waals surface area contributed by atoms with Gasteiger partial charge in [-0.3, -0.25) is 4.99 Å². The molecule has 0 saturated heterocycles. The predicted molar refractivity (Wildman–Crippen MR) is 34.1 cm³/mol. The van der Waals surface area contributed by atoms with Crippen LogP contribution < -0.4 is 5.32 Å². The van der Waals surface area contributed by atoms with Crippen LogP contribution in [0, 0.1) is 0 Å². The fourth-order valence-corrected chi connectivity index (χ4v) is 0.316. The number of hydrogen-bond donors (Lipinski definition) is 2. The quantitative estimate of drug-likeness (QED) is 0.381. The van der Waals surface area contributed by atoms with E-state index < -0.39 is 0 Å². The van der Waals surface area contributed by atoms with Gasteiger partial charge in [0, 0.05) is 13.6 Å². The fraction of sp³-hybridized carbons (Fsp3) is 0.800. The lowest BCUT2D eigenvalue weighted by atomic mass is 10.6. The van der Waals surface area contributed by atoms with Gasteiger partial charge in [0.1, 0.15) is 0 Å². The monoisotopic (exact) mass is 116 g/mol. The summed E-state index contributed by atoms with van der Waals surface area (Å²) in [4.78, 5) is 3.82. The highest BCUT2D eigenvalue weighted by molar-refractivity contribution is 5.79. The maximum atomic E-state index is 8.29. The second-order valence-electron chi connectivity index (χ2n) is 1.46. The molecule has 0 unspecified atom stereocenters. The van der Waals surface area contributed by atoms with Gasteiger partial charge >= 0.3 is 0 Å². The van der Waals surface area contributed by atoms with Crippen LogP contribution in [-0.2, 0) is 0 Å². The third-order valence-electron chi connectivity index (χ3n) is 0.828. The molecule has 0 saturated carbocycles. The van der Waals surface area contributed by atoms with Crippen molar-refractivity contribution in [2.24, 2.45) is 4.99 Å². The number of hydrogen-bond acceptors (Lipinski definition) is 2. The molecule has 0 radical (unpaired) electrons. The smallest absolute Gasteiger partial charge is 0.0928 e. The predicted octanol–water partition coefficient (Wildman–Crippen LogP) is -0.384. The third-order valence-corrected chi connectivity index (χ3v) is 0.828. The van der Waals surface area contributed by atoms with Crippen molar-refractivity contribution in [3.05, 3.63) is 0 Å². The molecule has 0 spiro atoms. The van der Waals surface area contributed by atoms with Crippen LogP contribution in [0.4, 0.5) is 0 Å². The maximum absolute atomic E-state index is 8.29. The Balaban J connectivity index is 3.12. The molecule has 8 heavy (non-hydrogen) atoms. The van der Waals surface area contributed by atoms with E-state index in [0.29, 0.717) is 6.54 Å². The Kier molecular flexibility index (Phi) is 4.26. The lowest BCUT2D eigenvalue weighted by Gasteiger charge is -1.99. The van der Waals surface area contributed by atoms with Crippen LogP contribution in [0.1, 0.15) is 6.92 Å². The molecule has 0 rings (SSSR count). The first kappa shape index (κ1) is 7.43. The van der Waals surface area contributed by atoms with Crippen LogP contribution >= 0.6 is 0 Å². The normalized spacial score (nSPS) is 11.6. The zero-order valence-corrected chi connectivity index (χ0v) is 5.31. The lowest BCUT2D eigenvalue weighted by Crippen LogP contribution is -2.23. The molecule has 0 aliphatic rings. The second-order valence-corrected chi connectivity index (χ2v) is 1.46. The van der Waals surface area contributed by atoms with E-state index in [4.69, 9.17) is 5.11 Å². The van der Waals surface area contributed by atoms with E-state index in [9.17, 15) is 0 Å². The van der Waals surface area contributed by atoms with Gasteiger partial charge in [0.25, 0.3) is 0 Å². The first-order valence-corrected chi connectivity index (χ1v) is 2.59. The Morgan fingerprint density at radius 3 is 2.75 bits per heavy atom. The highest BCUT2D eigenvalue weighted by Gasteiger charge is 1.82. The number of amidine groups is 1. The topological polar surface area (TPSA) is 44.6 Å². The molecular weight excluding hydrogens is 104 g/mol. The van der Waals surface area contributed by atoms with Crippen molar-refractivity contribution >= 4 is 5.84 Å². The summed E-state index contributed by atoms with van der Waals surface area (Å²) in [5.41, 5.74) is 0. The minimum Gasteiger partial charge on any atom is -0.395 e. The summed E-state index contributed by atoms with van der Waals surface area (Å²) in [5, 5.41) is 11.2. The lowest BCUT2D eigenvalue weighted by molar-refractivity contribution is 0.300. The Labute approximate surface area is 49.4 Å². The van der Waals surface area contributed by atoms with Crippen LogP contribution in [0.2, 0.25) is 0 Å². The van der Waals surface area contributed by atoms with Crippen LogP contribution in [0.15, 0.2) is 4.99 Å². The second kappa shape index (κ2) is 4.59. The van der Waals surface area contributed by atoms with Crippen molar-refractivity contribution in [1.29, 1.82) is 0 Å². The van der Waals surface area contributed by atoms with Crippen molar-refractivity contribution in [2.75, 3.05) is 20.2 Å². The molecule has 0 fully saturated rings. The van der Waals surface area contributed by atoms with E-state index >= 15 is 0 Å². The minimum atomic E-state index is 0.160. The van der Waals surface area contributed by atoms with Gasteiger partial charge in [0.2, 0.25) is 0 Å². The highest BCUT2D eigenvalue weighted by Crippen LogP contribution is 1.64. The van der Waals surface area contributed by atoms with E-state index in [1.54, 1.807) is 7.05 Å². The molecule has 0 atom stereocenters. The minimum absolute atomic E-state index is 0.160. The van der Waals surface area contributed by atoms with Crippen molar-refractivity contribution in [3.8, 4) is 0 Å². The van der Waals surface area contributed by atoms with Gasteiger partial charge < -0.3 is 10.4 Å². The van der Waals surface area contributed by atoms with Gasteiger partial charge in [-0.1, -0.05) is 0 Å². The van der Waals surface area contributed by atoms with Crippen LogP contribution in [-0.4, -0.2) is 31.1 Å². The SMILES string of the molecule is CN=C(C)NCCO. The maximum Gasteiger partial charge on any atom is 0.0928 e. The summed E-state index contributed by atoms with van der Waals surface area (Å²) < 4.78 is 0. The van der Waals surface area contributed by atoms with E-state index in [1.165, 1.54) is 0 Å². The zero-order valence-electron chi connectivity index (χ0n) is 5.31. The van der Waals surface area contributed by atoms with Crippen molar-refractivity contribution in [1.82, 2.24) is 5.32 Å². The molecule has 48 valence electrons. The summed E-state index contributed by atoms with van der Waals surface area (Å²) in [6, 6.07) is 0. The molecule has 0 aromatic carbocycles. The van der Waals surface area contributed by atoms with Crippen molar-refractivity contribution < 1.29 is 5.11 Å². The van der Waals surface area contributed by atoms with E-state index in [0.717, 1.165) is 5.84 Å². The first-order valence-electron chi connectivity index (χ1n) is 2.59. The third kappa shape index (κ3) is 3.61. The van der Waals surface area contributed by atoms with Gasteiger partial charge in [-0.2, -0.15) is 0 Å². The fourth-order valence-electron chi connectivity index (χ4n) is 0.316. The summed E-state index contributed by atoms with van der Waals surface area (Å²) in [5.74, 6) is 0.860. The number of nitrogens with one attached hydrogen (secondary N) is 1. The number of rotatable bonds is 2. The highest BCUT2D eigenvalue weighted by atomic mass is 16.3. The Bertz CT molecular complexity index is 80.5. The molecule has 0 amide bonds. The largest absolute Gasteiger partial charge is 0.395 e. The summed E-state index contributed by atoms with van der Waals surface area (Å²) >= 11 is 0. The van der Waals surface area contributed by atoms with Gasteiger partial charge in [-0.05, 0) is 6.92 Å². The Morgan fingerprint density at radius 1 is 1.75 bits per heavy atom. The molecule has 0 aliphatic carbocycles. The number of aliphatic hydroxyl groups is 1. The van der Waals surface area contributed by atoms with Gasteiger partial charge in [0.15, 0.2) is 0 Å². The van der Waals surface area contributed by atoms with Gasteiger partial charge in [-0.15, -0.1) is 0 Å². The van der Waals surface area contributed by atoms with Gasteiger partial charge in [-0.25, -0.2) is 0 Å². The number of nitrogens with zero attached hydrogens (tertiary/aromatic N) is 1. The number of aliphatic hydroxyl groups excluding tert-OH is 1. The first-order chi connectivity index (χ1) is 3.81. The molecule has 0 aromatic rings. The molecule has 3 nitrogen and oxygen atoms in total. The molecular formula is C5H12N2O. The molecule has 0 heterocycles.